The zero-order chi connectivity index (χ0) is 16.2. The molecular weight excluding hydrogens is 283 g/mol. The highest BCUT2D eigenvalue weighted by molar-refractivity contribution is 7.27. The van der Waals surface area contributed by atoms with E-state index in [1.807, 2.05) is 48.5 Å². The van der Waals surface area contributed by atoms with E-state index >= 15 is 0 Å². The monoisotopic (exact) mass is 308 g/mol. The van der Waals surface area contributed by atoms with Crippen molar-refractivity contribution in [3.63, 3.8) is 0 Å². The number of rotatable bonds is 0. The molecule has 0 spiro atoms. The highest BCUT2D eigenvalue weighted by Gasteiger charge is 1.84. The van der Waals surface area contributed by atoms with Gasteiger partial charge in [-0.15, -0.1) is 9.24 Å². The van der Waals surface area contributed by atoms with Crippen LogP contribution >= 0.6 is 9.24 Å². The lowest BCUT2D eigenvalue weighted by Crippen LogP contribution is -1.92. The Morgan fingerprint density at radius 1 is 0.500 bits per heavy atom. The van der Waals surface area contributed by atoms with E-state index in [2.05, 4.69) is 66.4 Å². The average Bonchev–Trinajstić information content (AvgIpc) is 2.53. The first-order valence-electron chi connectivity index (χ1n) is 7.44. The fourth-order valence-corrected chi connectivity index (χ4v) is 1.86. The molecule has 22 heavy (non-hydrogen) atoms. The van der Waals surface area contributed by atoms with E-state index in [9.17, 15) is 0 Å². The van der Waals surface area contributed by atoms with Crippen molar-refractivity contribution in [3.8, 4) is 0 Å². The fraction of sp³-hybridized carbons (Fsp3) is 0.143. The largest absolute Gasteiger partial charge is 0.105 e. The van der Waals surface area contributed by atoms with Crippen LogP contribution in [0.5, 0.6) is 0 Å². The third-order valence-corrected chi connectivity index (χ3v) is 3.72. The molecule has 0 aliphatic carbocycles. The van der Waals surface area contributed by atoms with Crippen LogP contribution in [0.3, 0.4) is 0 Å². The van der Waals surface area contributed by atoms with Gasteiger partial charge in [0.25, 0.3) is 0 Å². The molecule has 0 N–H and O–H groups in total. The summed E-state index contributed by atoms with van der Waals surface area (Å²) in [6.45, 7) is 6.27. The quantitative estimate of drug-likeness (QED) is 0.482. The molecule has 0 nitrogen and oxygen atoms in total. The molecule has 1 heteroatoms. The van der Waals surface area contributed by atoms with E-state index in [1.54, 1.807) is 0 Å². The van der Waals surface area contributed by atoms with Gasteiger partial charge in [-0.05, 0) is 31.6 Å². The lowest BCUT2D eigenvalue weighted by atomic mass is 10.2. The van der Waals surface area contributed by atoms with Crippen LogP contribution in [0.2, 0.25) is 0 Å². The maximum atomic E-state index is 2.69. The molecule has 0 amide bonds. The van der Waals surface area contributed by atoms with E-state index in [0.717, 1.165) is 0 Å². The van der Waals surface area contributed by atoms with Crippen LogP contribution in [0, 0.1) is 20.8 Å². The molecule has 3 rings (SSSR count). The van der Waals surface area contributed by atoms with Crippen LogP contribution in [-0.2, 0) is 0 Å². The predicted octanol–water partition coefficient (Wildman–Crippen LogP) is 5.49. The smallest absolute Gasteiger partial charge is 0.0274 e. The molecule has 0 saturated carbocycles. The third-order valence-electron chi connectivity index (χ3n) is 3.07. The van der Waals surface area contributed by atoms with Gasteiger partial charge >= 0.3 is 0 Å². The van der Waals surface area contributed by atoms with Crippen LogP contribution in [-0.4, -0.2) is 0 Å². The molecule has 3 aromatic rings. The number of hydrogen-bond acceptors (Lipinski definition) is 0. The zero-order valence-corrected chi connectivity index (χ0v) is 14.8. The SMILES string of the molecule is Cc1ccccc1.Cc1ccccc1.Cc1ccccc1P. The van der Waals surface area contributed by atoms with Gasteiger partial charge in [0, 0.05) is 0 Å². The van der Waals surface area contributed by atoms with Crippen molar-refractivity contribution >= 4 is 14.5 Å². The Bertz CT molecular complexity index is 572. The minimum absolute atomic E-state index is 1.28. The molecule has 0 bridgehead atoms. The molecule has 0 radical (unpaired) electrons. The Morgan fingerprint density at radius 3 is 1.09 bits per heavy atom. The number of benzene rings is 3. The van der Waals surface area contributed by atoms with Gasteiger partial charge in [-0.2, -0.15) is 0 Å². The molecule has 0 fully saturated rings. The third kappa shape index (κ3) is 8.39. The summed E-state index contributed by atoms with van der Waals surface area (Å²) in [6.07, 6.45) is 0. The lowest BCUT2D eigenvalue weighted by molar-refractivity contribution is 1.48. The summed E-state index contributed by atoms with van der Waals surface area (Å²) in [4.78, 5) is 0. The molecule has 0 aromatic heterocycles. The summed E-state index contributed by atoms with van der Waals surface area (Å²) in [5.74, 6) is 0. The van der Waals surface area contributed by atoms with Crippen molar-refractivity contribution < 1.29 is 0 Å². The minimum atomic E-state index is 1.28. The molecule has 0 aliphatic rings. The van der Waals surface area contributed by atoms with Crippen LogP contribution in [0.4, 0.5) is 0 Å². The number of aryl methyl sites for hydroxylation is 3. The first-order valence-corrected chi connectivity index (χ1v) is 8.01. The van der Waals surface area contributed by atoms with Crippen molar-refractivity contribution in [3.05, 3.63) is 102 Å². The highest BCUT2D eigenvalue weighted by atomic mass is 31.0. The Labute approximate surface area is 137 Å². The molecule has 1 atom stereocenters. The first kappa shape index (κ1) is 18.1. The van der Waals surface area contributed by atoms with E-state index in [1.165, 1.54) is 22.0 Å². The summed E-state index contributed by atoms with van der Waals surface area (Å²) < 4.78 is 0. The average molecular weight is 308 g/mol. The second-order valence-electron chi connectivity index (χ2n) is 5.17. The van der Waals surface area contributed by atoms with Gasteiger partial charge in [0.15, 0.2) is 0 Å². The van der Waals surface area contributed by atoms with Gasteiger partial charge in [0.1, 0.15) is 0 Å². The van der Waals surface area contributed by atoms with Gasteiger partial charge in [0.05, 0.1) is 0 Å². The Morgan fingerprint density at radius 2 is 0.864 bits per heavy atom. The first-order chi connectivity index (χ1) is 10.6. The van der Waals surface area contributed by atoms with Crippen LogP contribution in [0.1, 0.15) is 16.7 Å². The molecule has 0 aliphatic heterocycles. The van der Waals surface area contributed by atoms with Gasteiger partial charge in [-0.25, -0.2) is 0 Å². The summed E-state index contributed by atoms with van der Waals surface area (Å²) in [6, 6.07) is 28.8. The Hall–Kier alpha value is -1.91. The van der Waals surface area contributed by atoms with Crippen LogP contribution in [0.25, 0.3) is 0 Å². The minimum Gasteiger partial charge on any atom is -0.105 e. The van der Waals surface area contributed by atoms with Gasteiger partial charge in [0.2, 0.25) is 0 Å². The molecule has 0 saturated heterocycles. The number of hydrogen-bond donors (Lipinski definition) is 0. The Kier molecular flexibility index (Phi) is 8.88. The van der Waals surface area contributed by atoms with Crippen molar-refractivity contribution in [1.29, 1.82) is 0 Å². The summed E-state index contributed by atoms with van der Waals surface area (Å²) in [5, 5.41) is 1.28. The second-order valence-corrected chi connectivity index (χ2v) is 5.79. The predicted molar refractivity (Wildman–Crippen MR) is 103 cm³/mol. The van der Waals surface area contributed by atoms with Crippen molar-refractivity contribution in [2.24, 2.45) is 0 Å². The van der Waals surface area contributed by atoms with Crippen molar-refractivity contribution in [2.45, 2.75) is 20.8 Å². The molecule has 1 unspecified atom stereocenters. The maximum Gasteiger partial charge on any atom is -0.0274 e. The maximum absolute atomic E-state index is 2.69. The normalized spacial score (nSPS) is 8.91. The fourth-order valence-electron chi connectivity index (χ4n) is 1.66. The summed E-state index contributed by atoms with van der Waals surface area (Å²) in [5.41, 5.74) is 3.97. The van der Waals surface area contributed by atoms with Crippen molar-refractivity contribution in [2.75, 3.05) is 0 Å². The highest BCUT2D eigenvalue weighted by Crippen LogP contribution is 1.96. The molecule has 114 valence electrons. The molecular formula is C21H25P. The van der Waals surface area contributed by atoms with E-state index in [4.69, 9.17) is 0 Å². The Balaban J connectivity index is 0.000000166. The van der Waals surface area contributed by atoms with Crippen LogP contribution in [0.15, 0.2) is 84.9 Å². The summed E-state index contributed by atoms with van der Waals surface area (Å²) >= 11 is 0. The standard InChI is InChI=1S/C7H9P.2C7H8/c1-6-4-2-3-5-7(6)8;2*1-7-5-3-2-4-6-7/h2-5H,8H2,1H3;2*2-6H,1H3. The van der Waals surface area contributed by atoms with Gasteiger partial charge in [-0.1, -0.05) is 96.1 Å². The van der Waals surface area contributed by atoms with E-state index < -0.39 is 0 Å². The zero-order valence-electron chi connectivity index (χ0n) is 13.7. The lowest BCUT2D eigenvalue weighted by Gasteiger charge is -1.93. The van der Waals surface area contributed by atoms with Crippen LogP contribution < -0.4 is 5.30 Å². The molecule has 3 aromatic carbocycles. The van der Waals surface area contributed by atoms with Crippen molar-refractivity contribution in [1.82, 2.24) is 0 Å². The van der Waals surface area contributed by atoms with Gasteiger partial charge < -0.3 is 0 Å². The van der Waals surface area contributed by atoms with E-state index in [0.29, 0.717) is 0 Å². The second kappa shape index (κ2) is 10.8. The summed E-state index contributed by atoms with van der Waals surface area (Å²) in [7, 11) is 2.69. The molecule has 0 heterocycles. The topological polar surface area (TPSA) is 0 Å². The van der Waals surface area contributed by atoms with E-state index in [-0.39, 0.29) is 0 Å². The van der Waals surface area contributed by atoms with Gasteiger partial charge in [-0.3, -0.25) is 0 Å².